The molecule has 2 aromatic carbocycles. The van der Waals surface area contributed by atoms with Crippen molar-refractivity contribution in [2.45, 2.75) is 19.9 Å². The van der Waals surface area contributed by atoms with Gasteiger partial charge in [-0.15, -0.1) is 0 Å². The molecule has 22 heavy (non-hydrogen) atoms. The summed E-state index contributed by atoms with van der Waals surface area (Å²) < 4.78 is 10.6. The fourth-order valence-electron chi connectivity index (χ4n) is 2.51. The van der Waals surface area contributed by atoms with Gasteiger partial charge >= 0.3 is 0 Å². The molecule has 0 aliphatic heterocycles. The summed E-state index contributed by atoms with van der Waals surface area (Å²) in [6.07, 6.45) is 0.989. The van der Waals surface area contributed by atoms with Crippen LogP contribution in [-0.2, 0) is 13.0 Å². The average molecular weight is 299 g/mol. The van der Waals surface area contributed by atoms with Crippen LogP contribution in [0.4, 0.5) is 0 Å². The smallest absolute Gasteiger partial charge is 0.160 e. The van der Waals surface area contributed by atoms with Crippen molar-refractivity contribution in [3.05, 3.63) is 59.2 Å². The molecule has 0 aliphatic rings. The molecule has 0 heterocycles. The first-order valence-electron chi connectivity index (χ1n) is 7.58. The van der Waals surface area contributed by atoms with Crippen LogP contribution in [0.3, 0.4) is 0 Å². The van der Waals surface area contributed by atoms with Crippen LogP contribution >= 0.6 is 0 Å². The van der Waals surface area contributed by atoms with E-state index in [1.807, 2.05) is 6.07 Å². The third-order valence-electron chi connectivity index (χ3n) is 3.93. The lowest BCUT2D eigenvalue weighted by Gasteiger charge is -2.18. The maximum Gasteiger partial charge on any atom is 0.160 e. The normalized spacial score (nSPS) is 10.8. The van der Waals surface area contributed by atoms with E-state index in [2.05, 4.69) is 55.3 Å². The molecule has 0 saturated carbocycles. The minimum Gasteiger partial charge on any atom is -0.493 e. The van der Waals surface area contributed by atoms with Gasteiger partial charge < -0.3 is 14.4 Å². The molecule has 0 atom stereocenters. The number of rotatable bonds is 7. The Morgan fingerprint density at radius 1 is 0.955 bits per heavy atom. The number of nitrogens with zero attached hydrogens (tertiary/aromatic N) is 1. The highest BCUT2D eigenvalue weighted by Crippen LogP contribution is 2.27. The van der Waals surface area contributed by atoms with E-state index in [1.165, 1.54) is 16.7 Å². The molecule has 3 nitrogen and oxygen atoms in total. The Kier molecular flexibility index (Phi) is 5.84. The van der Waals surface area contributed by atoms with Crippen molar-refractivity contribution in [1.82, 2.24) is 4.90 Å². The van der Waals surface area contributed by atoms with Crippen molar-refractivity contribution in [3.63, 3.8) is 0 Å². The zero-order valence-corrected chi connectivity index (χ0v) is 13.9. The number of likely N-dealkylation sites (N-methyl/N-ethyl adjacent to an activating group) is 1. The molecular weight excluding hydrogens is 274 g/mol. The second-order valence-corrected chi connectivity index (χ2v) is 5.60. The molecule has 2 rings (SSSR count). The lowest BCUT2D eigenvalue weighted by atomic mass is 10.1. The van der Waals surface area contributed by atoms with E-state index in [0.29, 0.717) is 0 Å². The Labute approximate surface area is 133 Å². The number of methoxy groups -OCH3 is 2. The predicted octanol–water partition coefficient (Wildman–Crippen LogP) is 3.69. The Morgan fingerprint density at radius 2 is 1.68 bits per heavy atom. The minimum absolute atomic E-state index is 0.777. The van der Waals surface area contributed by atoms with Crippen LogP contribution in [0.5, 0.6) is 11.5 Å². The summed E-state index contributed by atoms with van der Waals surface area (Å²) in [6, 6.07) is 14.7. The van der Waals surface area contributed by atoms with E-state index >= 15 is 0 Å². The Bertz CT molecular complexity index is 610. The van der Waals surface area contributed by atoms with Crippen molar-refractivity contribution in [3.8, 4) is 11.5 Å². The third-order valence-corrected chi connectivity index (χ3v) is 3.93. The first-order valence-corrected chi connectivity index (χ1v) is 7.58. The van der Waals surface area contributed by atoms with Gasteiger partial charge in [-0.2, -0.15) is 0 Å². The van der Waals surface area contributed by atoms with Crippen molar-refractivity contribution in [2.75, 3.05) is 27.8 Å². The van der Waals surface area contributed by atoms with Gasteiger partial charge in [0.15, 0.2) is 11.5 Å². The SMILES string of the molecule is COc1ccc(CCN(C)Cc2ccccc2C)cc1OC. The van der Waals surface area contributed by atoms with Crippen molar-refractivity contribution in [1.29, 1.82) is 0 Å². The predicted molar refractivity (Wildman–Crippen MR) is 90.8 cm³/mol. The highest BCUT2D eigenvalue weighted by atomic mass is 16.5. The summed E-state index contributed by atoms with van der Waals surface area (Å²) in [4.78, 5) is 2.35. The summed E-state index contributed by atoms with van der Waals surface area (Å²) in [5.74, 6) is 1.57. The minimum atomic E-state index is 0.777. The molecule has 0 bridgehead atoms. The molecule has 3 heteroatoms. The molecule has 0 fully saturated rings. The maximum atomic E-state index is 5.36. The van der Waals surface area contributed by atoms with Crippen LogP contribution in [0.2, 0.25) is 0 Å². The van der Waals surface area contributed by atoms with Crippen LogP contribution in [-0.4, -0.2) is 32.7 Å². The fourth-order valence-corrected chi connectivity index (χ4v) is 2.51. The standard InChI is InChI=1S/C19H25NO2/c1-15-7-5-6-8-17(15)14-20(2)12-11-16-9-10-18(21-3)19(13-16)22-4/h5-10,13H,11-12,14H2,1-4H3. The van der Waals surface area contributed by atoms with Crippen molar-refractivity contribution in [2.24, 2.45) is 0 Å². The van der Waals surface area contributed by atoms with Gasteiger partial charge in [0, 0.05) is 13.1 Å². The van der Waals surface area contributed by atoms with Crippen molar-refractivity contribution < 1.29 is 9.47 Å². The maximum absolute atomic E-state index is 5.36. The summed E-state index contributed by atoms with van der Waals surface area (Å²) >= 11 is 0. The van der Waals surface area contributed by atoms with Crippen LogP contribution in [0.25, 0.3) is 0 Å². The van der Waals surface area contributed by atoms with E-state index in [9.17, 15) is 0 Å². The van der Waals surface area contributed by atoms with E-state index in [0.717, 1.165) is 31.0 Å². The van der Waals surface area contributed by atoms with E-state index in [4.69, 9.17) is 9.47 Å². The number of aryl methyl sites for hydroxylation is 1. The van der Waals surface area contributed by atoms with E-state index < -0.39 is 0 Å². The molecule has 118 valence electrons. The van der Waals surface area contributed by atoms with Gasteiger partial charge in [-0.25, -0.2) is 0 Å². The molecule has 0 amide bonds. The number of benzene rings is 2. The quantitative estimate of drug-likeness (QED) is 0.778. The van der Waals surface area contributed by atoms with Gasteiger partial charge in [0.1, 0.15) is 0 Å². The summed E-state index contributed by atoms with van der Waals surface area (Å²) in [5.41, 5.74) is 3.99. The topological polar surface area (TPSA) is 21.7 Å². The average Bonchev–Trinajstić information content (AvgIpc) is 2.54. The second-order valence-electron chi connectivity index (χ2n) is 5.60. The molecule has 0 radical (unpaired) electrons. The Hall–Kier alpha value is -2.00. The van der Waals surface area contributed by atoms with Crippen LogP contribution in [0, 0.1) is 6.92 Å². The van der Waals surface area contributed by atoms with E-state index in [-0.39, 0.29) is 0 Å². The number of hydrogen-bond acceptors (Lipinski definition) is 3. The van der Waals surface area contributed by atoms with Gasteiger partial charge in [0.2, 0.25) is 0 Å². The zero-order valence-electron chi connectivity index (χ0n) is 13.9. The van der Waals surface area contributed by atoms with Crippen LogP contribution < -0.4 is 9.47 Å². The van der Waals surface area contributed by atoms with Gasteiger partial charge in [-0.3, -0.25) is 0 Å². The number of hydrogen-bond donors (Lipinski definition) is 0. The lowest BCUT2D eigenvalue weighted by molar-refractivity contribution is 0.329. The van der Waals surface area contributed by atoms with Crippen molar-refractivity contribution >= 4 is 0 Å². The van der Waals surface area contributed by atoms with E-state index in [1.54, 1.807) is 14.2 Å². The highest BCUT2D eigenvalue weighted by molar-refractivity contribution is 5.42. The van der Waals surface area contributed by atoms with Gasteiger partial charge in [-0.05, 0) is 49.2 Å². The fraction of sp³-hybridized carbons (Fsp3) is 0.368. The third kappa shape index (κ3) is 4.25. The summed E-state index contributed by atoms with van der Waals surface area (Å²) in [5, 5.41) is 0. The van der Waals surface area contributed by atoms with Gasteiger partial charge in [0.25, 0.3) is 0 Å². The monoisotopic (exact) mass is 299 g/mol. The summed E-state index contributed by atoms with van der Waals surface area (Å²) in [6.45, 7) is 4.14. The molecule has 2 aromatic rings. The molecule has 0 N–H and O–H groups in total. The molecule has 0 aliphatic carbocycles. The largest absolute Gasteiger partial charge is 0.493 e. The van der Waals surface area contributed by atoms with Gasteiger partial charge in [-0.1, -0.05) is 30.3 Å². The number of ether oxygens (including phenoxy) is 2. The molecule has 0 unspecified atom stereocenters. The lowest BCUT2D eigenvalue weighted by Crippen LogP contribution is -2.21. The highest BCUT2D eigenvalue weighted by Gasteiger charge is 2.07. The first kappa shape index (κ1) is 16.4. The molecular formula is C19H25NO2. The van der Waals surface area contributed by atoms with Crippen LogP contribution in [0.1, 0.15) is 16.7 Å². The van der Waals surface area contributed by atoms with Gasteiger partial charge in [0.05, 0.1) is 14.2 Å². The first-order chi connectivity index (χ1) is 10.6. The molecule has 0 spiro atoms. The Morgan fingerprint density at radius 3 is 2.36 bits per heavy atom. The molecule has 0 aromatic heterocycles. The zero-order chi connectivity index (χ0) is 15.9. The molecule has 0 saturated heterocycles. The van der Waals surface area contributed by atoms with Crippen LogP contribution in [0.15, 0.2) is 42.5 Å². The second kappa shape index (κ2) is 7.85. The Balaban J connectivity index is 1.93. The summed E-state index contributed by atoms with van der Waals surface area (Å²) in [7, 11) is 5.49.